The summed E-state index contributed by atoms with van der Waals surface area (Å²) in [6.45, 7) is 2.31. The Morgan fingerprint density at radius 1 is 1.67 bits per heavy atom. The highest BCUT2D eigenvalue weighted by atomic mass is 79.9. The van der Waals surface area contributed by atoms with E-state index in [0.717, 1.165) is 0 Å². The molecule has 0 saturated heterocycles. The lowest BCUT2D eigenvalue weighted by molar-refractivity contribution is -0.116. The highest BCUT2D eigenvalue weighted by Crippen LogP contribution is 2.20. The summed E-state index contributed by atoms with van der Waals surface area (Å²) in [6, 6.07) is 0. The molecule has 1 heterocycles. The fraction of sp³-hybridized carbons (Fsp3) is 0.500. The van der Waals surface area contributed by atoms with Crippen LogP contribution < -0.4 is 0 Å². The predicted molar refractivity (Wildman–Crippen MR) is 37.2 cm³/mol. The van der Waals surface area contributed by atoms with Gasteiger partial charge in [0.2, 0.25) is 0 Å². The molecule has 0 unspecified atom stereocenters. The molecule has 1 aliphatic rings. The molecule has 0 bridgehead atoms. The average molecular weight is 191 g/mol. The lowest BCUT2D eigenvalue weighted by atomic mass is 10.2. The molecule has 0 N–H and O–H groups in total. The van der Waals surface area contributed by atoms with E-state index in [4.69, 9.17) is 4.74 Å². The van der Waals surface area contributed by atoms with Crippen molar-refractivity contribution in [1.29, 1.82) is 0 Å². The largest absolute Gasteiger partial charge is 0.496 e. The Balaban J connectivity index is 2.84. The first-order chi connectivity index (χ1) is 4.22. The monoisotopic (exact) mass is 190 g/mol. The van der Waals surface area contributed by atoms with Crippen molar-refractivity contribution in [1.82, 2.24) is 0 Å². The highest BCUT2D eigenvalue weighted by Gasteiger charge is 2.15. The average Bonchev–Trinajstić information content (AvgIpc) is 1.83. The summed E-state index contributed by atoms with van der Waals surface area (Å²) >= 11 is 3.12. The number of rotatable bonds is 0. The van der Waals surface area contributed by atoms with E-state index >= 15 is 0 Å². The summed E-state index contributed by atoms with van der Waals surface area (Å²) in [5, 5.41) is 0. The minimum Gasteiger partial charge on any atom is -0.496 e. The van der Waals surface area contributed by atoms with Crippen LogP contribution in [-0.2, 0) is 9.53 Å². The highest BCUT2D eigenvalue weighted by molar-refractivity contribution is 9.12. The van der Waals surface area contributed by atoms with Gasteiger partial charge in [0, 0.05) is 6.42 Å². The van der Waals surface area contributed by atoms with Gasteiger partial charge in [-0.3, -0.25) is 4.79 Å². The third kappa shape index (κ3) is 1.33. The van der Waals surface area contributed by atoms with Crippen molar-refractivity contribution in [2.75, 3.05) is 6.61 Å². The fourth-order valence-electron chi connectivity index (χ4n) is 0.666. The second-order valence-corrected chi connectivity index (χ2v) is 2.68. The number of carbonyl (C=O) groups is 1. The topological polar surface area (TPSA) is 26.3 Å². The number of hydrogen-bond acceptors (Lipinski definition) is 2. The molecular weight excluding hydrogens is 184 g/mol. The number of hydrogen-bond donors (Lipinski definition) is 0. The molecule has 2 nitrogen and oxygen atoms in total. The number of halogens is 1. The summed E-state index contributed by atoms with van der Waals surface area (Å²) in [5.74, 6) is 0.838. The summed E-state index contributed by atoms with van der Waals surface area (Å²) < 4.78 is 5.66. The second kappa shape index (κ2) is 2.52. The Bertz CT molecular complexity index is 172. The van der Waals surface area contributed by atoms with E-state index in [0.29, 0.717) is 23.3 Å². The van der Waals surface area contributed by atoms with Crippen LogP contribution in [0.1, 0.15) is 13.3 Å². The van der Waals surface area contributed by atoms with Crippen molar-refractivity contribution in [3.8, 4) is 0 Å². The number of allylic oxidation sites excluding steroid dienone is 2. The quantitative estimate of drug-likeness (QED) is 0.581. The summed E-state index contributed by atoms with van der Waals surface area (Å²) in [5.41, 5.74) is 0. The van der Waals surface area contributed by atoms with Crippen molar-refractivity contribution in [2.45, 2.75) is 13.3 Å². The minimum atomic E-state index is 0.138. The Hall–Kier alpha value is -0.310. The molecule has 0 aromatic carbocycles. The molecule has 0 fully saturated rings. The van der Waals surface area contributed by atoms with Gasteiger partial charge in [-0.2, -0.15) is 0 Å². The maximum Gasteiger partial charge on any atom is 0.176 e. The van der Waals surface area contributed by atoms with Crippen LogP contribution in [-0.4, -0.2) is 12.4 Å². The van der Waals surface area contributed by atoms with Gasteiger partial charge in [-0.1, -0.05) is 0 Å². The van der Waals surface area contributed by atoms with Gasteiger partial charge in [-0.05, 0) is 22.9 Å². The lowest BCUT2D eigenvalue weighted by Crippen LogP contribution is -2.11. The molecule has 0 saturated carbocycles. The molecule has 0 spiro atoms. The van der Waals surface area contributed by atoms with Crippen LogP contribution in [0.3, 0.4) is 0 Å². The van der Waals surface area contributed by atoms with Crippen LogP contribution in [0, 0.1) is 0 Å². The molecule has 1 aliphatic heterocycles. The molecule has 0 atom stereocenters. The van der Waals surface area contributed by atoms with E-state index in [-0.39, 0.29) is 5.78 Å². The van der Waals surface area contributed by atoms with Crippen molar-refractivity contribution in [3.05, 3.63) is 10.2 Å². The fourth-order valence-corrected chi connectivity index (χ4v) is 0.979. The van der Waals surface area contributed by atoms with Gasteiger partial charge in [0.25, 0.3) is 0 Å². The van der Waals surface area contributed by atoms with Gasteiger partial charge < -0.3 is 4.74 Å². The third-order valence-corrected chi connectivity index (χ3v) is 2.20. The van der Waals surface area contributed by atoms with Crippen molar-refractivity contribution >= 4 is 21.7 Å². The maximum atomic E-state index is 10.8. The second-order valence-electron chi connectivity index (χ2n) is 1.89. The molecule has 0 aliphatic carbocycles. The number of Topliss-reactive ketones (excluding diaryl/α,β-unsaturated/α-hetero) is 1. The zero-order chi connectivity index (χ0) is 6.85. The normalized spacial score (nSPS) is 20.0. The van der Waals surface area contributed by atoms with E-state index in [2.05, 4.69) is 15.9 Å². The van der Waals surface area contributed by atoms with Crippen LogP contribution in [0.5, 0.6) is 0 Å². The van der Waals surface area contributed by atoms with Crippen molar-refractivity contribution < 1.29 is 9.53 Å². The number of ketones is 1. The SMILES string of the molecule is CC1=C(Br)C(=O)CCO1. The molecular formula is C6H7BrO2. The first-order valence-electron chi connectivity index (χ1n) is 2.74. The molecule has 50 valence electrons. The first kappa shape index (κ1) is 6.81. The van der Waals surface area contributed by atoms with Gasteiger partial charge in [-0.25, -0.2) is 0 Å². The van der Waals surface area contributed by atoms with Crippen molar-refractivity contribution in [3.63, 3.8) is 0 Å². The molecule has 0 aromatic rings. The van der Waals surface area contributed by atoms with E-state index in [9.17, 15) is 4.79 Å². The minimum absolute atomic E-state index is 0.138. The Morgan fingerprint density at radius 3 is 2.78 bits per heavy atom. The van der Waals surface area contributed by atoms with Gasteiger partial charge >= 0.3 is 0 Å². The van der Waals surface area contributed by atoms with Gasteiger partial charge in [0.15, 0.2) is 5.78 Å². The number of carbonyl (C=O) groups excluding carboxylic acids is 1. The van der Waals surface area contributed by atoms with Crippen molar-refractivity contribution in [2.24, 2.45) is 0 Å². The smallest absolute Gasteiger partial charge is 0.176 e. The first-order valence-corrected chi connectivity index (χ1v) is 3.53. The Morgan fingerprint density at radius 2 is 2.33 bits per heavy atom. The van der Waals surface area contributed by atoms with Gasteiger partial charge in [0.05, 0.1) is 11.1 Å². The zero-order valence-electron chi connectivity index (χ0n) is 5.11. The van der Waals surface area contributed by atoms with Gasteiger partial charge in [0.1, 0.15) is 5.76 Å². The molecule has 3 heteroatoms. The predicted octanol–water partition coefficient (Wildman–Crippen LogP) is 1.60. The molecule has 0 radical (unpaired) electrons. The van der Waals surface area contributed by atoms with E-state index in [1.807, 2.05) is 0 Å². The molecule has 1 rings (SSSR count). The van der Waals surface area contributed by atoms with Crippen LogP contribution >= 0.6 is 15.9 Å². The maximum absolute atomic E-state index is 10.8. The number of ether oxygens (including phenoxy) is 1. The van der Waals surface area contributed by atoms with E-state index in [1.54, 1.807) is 6.92 Å². The lowest BCUT2D eigenvalue weighted by Gasteiger charge is -2.12. The van der Waals surface area contributed by atoms with Crippen LogP contribution in [0.15, 0.2) is 10.2 Å². The summed E-state index contributed by atoms with van der Waals surface area (Å²) in [4.78, 5) is 10.8. The van der Waals surface area contributed by atoms with Crippen LogP contribution in [0.25, 0.3) is 0 Å². The van der Waals surface area contributed by atoms with E-state index in [1.165, 1.54) is 0 Å². The summed E-state index contributed by atoms with van der Waals surface area (Å²) in [6.07, 6.45) is 0.498. The molecule has 0 amide bonds. The van der Waals surface area contributed by atoms with Gasteiger partial charge in [-0.15, -0.1) is 0 Å². The van der Waals surface area contributed by atoms with Crippen LogP contribution in [0.2, 0.25) is 0 Å². The zero-order valence-corrected chi connectivity index (χ0v) is 6.69. The third-order valence-electron chi connectivity index (χ3n) is 1.20. The van der Waals surface area contributed by atoms with Crippen LogP contribution in [0.4, 0.5) is 0 Å². The Labute approximate surface area is 62.0 Å². The Kier molecular flexibility index (Phi) is 1.90. The summed E-state index contributed by atoms with van der Waals surface area (Å²) in [7, 11) is 0. The standard InChI is InChI=1S/C6H7BrO2/c1-4-6(7)5(8)2-3-9-4/h2-3H2,1H3. The van der Waals surface area contributed by atoms with E-state index < -0.39 is 0 Å². The molecule has 0 aromatic heterocycles. The molecule has 9 heavy (non-hydrogen) atoms.